The summed E-state index contributed by atoms with van der Waals surface area (Å²) in [6.45, 7) is 3.76. The van der Waals surface area contributed by atoms with Crippen LogP contribution < -0.4 is 20.5 Å². The van der Waals surface area contributed by atoms with Crippen LogP contribution in [0.3, 0.4) is 0 Å². The highest BCUT2D eigenvalue weighted by molar-refractivity contribution is 5.94. The Morgan fingerprint density at radius 3 is 2.50 bits per heavy atom. The number of nitrogens with zero attached hydrogens (tertiary/aromatic N) is 2. The van der Waals surface area contributed by atoms with Gasteiger partial charge in [-0.15, -0.1) is 0 Å². The Labute approximate surface area is 185 Å². The zero-order valence-corrected chi connectivity index (χ0v) is 17.8. The molecular formula is C23H24N4O5. The summed E-state index contributed by atoms with van der Waals surface area (Å²) in [6, 6.07) is 15.8. The van der Waals surface area contributed by atoms with Crippen molar-refractivity contribution in [1.82, 2.24) is 9.97 Å². The average Bonchev–Trinajstić information content (AvgIpc) is 2.78. The first kappa shape index (κ1) is 22.5. The summed E-state index contributed by atoms with van der Waals surface area (Å²) in [4.78, 5) is 32.5. The van der Waals surface area contributed by atoms with Gasteiger partial charge < -0.3 is 25.3 Å². The van der Waals surface area contributed by atoms with Crippen LogP contribution >= 0.6 is 0 Å². The van der Waals surface area contributed by atoms with Gasteiger partial charge in [-0.1, -0.05) is 31.2 Å². The van der Waals surface area contributed by atoms with E-state index >= 15 is 0 Å². The molecule has 3 rings (SSSR count). The summed E-state index contributed by atoms with van der Waals surface area (Å²) in [5.74, 6) is -0.00866. The third kappa shape index (κ3) is 5.94. The number of rotatable bonds is 9. The lowest BCUT2D eigenvalue weighted by Crippen LogP contribution is -2.30. The summed E-state index contributed by atoms with van der Waals surface area (Å²) >= 11 is 0. The molecule has 0 aliphatic heterocycles. The lowest BCUT2D eigenvalue weighted by Gasteiger charge is -2.16. The van der Waals surface area contributed by atoms with E-state index in [-0.39, 0.29) is 23.9 Å². The number of benzene rings is 2. The maximum Gasteiger partial charge on any atom is 0.352 e. The smallest absolute Gasteiger partial charge is 0.352 e. The van der Waals surface area contributed by atoms with Crippen LogP contribution in [-0.2, 0) is 9.53 Å². The Bertz CT molecular complexity index is 1070. The van der Waals surface area contributed by atoms with Crippen molar-refractivity contribution in [2.45, 2.75) is 26.4 Å². The first-order valence-corrected chi connectivity index (χ1v) is 10.1. The third-order valence-electron chi connectivity index (χ3n) is 4.28. The monoisotopic (exact) mass is 436 g/mol. The molecule has 9 heteroatoms. The predicted octanol–water partition coefficient (Wildman–Crippen LogP) is 3.74. The second-order valence-corrected chi connectivity index (χ2v) is 6.61. The summed E-state index contributed by atoms with van der Waals surface area (Å²) in [7, 11) is 0. The predicted molar refractivity (Wildman–Crippen MR) is 119 cm³/mol. The molecule has 0 saturated carbocycles. The molecule has 1 atom stereocenters. The van der Waals surface area contributed by atoms with E-state index in [0.29, 0.717) is 23.6 Å². The van der Waals surface area contributed by atoms with E-state index in [1.54, 1.807) is 43.3 Å². The van der Waals surface area contributed by atoms with Crippen LogP contribution in [0.2, 0.25) is 0 Å². The molecule has 0 amide bonds. The normalized spacial score (nSPS) is 11.3. The van der Waals surface area contributed by atoms with Gasteiger partial charge in [-0.25, -0.2) is 14.6 Å². The summed E-state index contributed by atoms with van der Waals surface area (Å²) in [6.07, 6.45) is 0.998. The maximum absolute atomic E-state index is 12.6. The highest BCUT2D eigenvalue weighted by atomic mass is 16.6. The Morgan fingerprint density at radius 1 is 1.06 bits per heavy atom. The largest absolute Gasteiger partial charge is 0.479 e. The highest BCUT2D eigenvalue weighted by Crippen LogP contribution is 2.22. The fourth-order valence-corrected chi connectivity index (χ4v) is 2.73. The Morgan fingerprint density at radius 2 is 1.81 bits per heavy atom. The second-order valence-electron chi connectivity index (χ2n) is 6.61. The Balaban J connectivity index is 1.66. The number of nitrogen functional groups attached to an aromatic ring is 1. The number of aromatic nitrogens is 2. The van der Waals surface area contributed by atoms with Crippen molar-refractivity contribution in [2.75, 3.05) is 17.7 Å². The van der Waals surface area contributed by atoms with Gasteiger partial charge in [0.25, 0.3) is 0 Å². The van der Waals surface area contributed by atoms with Crippen molar-refractivity contribution >= 4 is 29.4 Å². The van der Waals surface area contributed by atoms with Gasteiger partial charge in [-0.3, -0.25) is 0 Å². The van der Waals surface area contributed by atoms with Crippen LogP contribution in [0.25, 0.3) is 0 Å². The van der Waals surface area contributed by atoms with Gasteiger partial charge in [0, 0.05) is 18.0 Å². The molecule has 1 aromatic heterocycles. The number of carbonyl (C=O) groups is 2. The highest BCUT2D eigenvalue weighted by Gasteiger charge is 2.21. The molecule has 0 spiro atoms. The number of ether oxygens (including phenoxy) is 3. The minimum atomic E-state index is -0.743. The first-order valence-electron chi connectivity index (χ1n) is 10.1. The lowest BCUT2D eigenvalue weighted by atomic mass is 10.2. The van der Waals surface area contributed by atoms with E-state index in [2.05, 4.69) is 15.3 Å². The van der Waals surface area contributed by atoms with Gasteiger partial charge in [-0.2, -0.15) is 4.98 Å². The molecule has 0 bridgehead atoms. The standard InChI is InChI=1S/C23H24N4O5/c1-3-19(31-16-10-6-5-7-11-16)22(29)32-17-12-8-9-15(13-17)26-23-25-14-18(20(24)27-23)21(28)30-4-2/h5-14,19H,3-4H2,1-2H3,(H3,24,25,26,27). The van der Waals surface area contributed by atoms with Crippen molar-refractivity contribution < 1.29 is 23.8 Å². The molecule has 0 radical (unpaired) electrons. The number of hydrogen-bond acceptors (Lipinski definition) is 9. The molecule has 0 aliphatic carbocycles. The van der Waals surface area contributed by atoms with Crippen LogP contribution in [0.15, 0.2) is 60.8 Å². The van der Waals surface area contributed by atoms with Crippen LogP contribution in [-0.4, -0.2) is 34.6 Å². The SMILES string of the molecule is CCOC(=O)c1cnc(Nc2cccc(OC(=O)C(CC)Oc3ccccc3)c2)nc1N. The molecule has 3 aromatic rings. The van der Waals surface area contributed by atoms with Gasteiger partial charge in [0.2, 0.25) is 5.95 Å². The number of esters is 2. The van der Waals surface area contributed by atoms with Gasteiger partial charge >= 0.3 is 11.9 Å². The van der Waals surface area contributed by atoms with Crippen molar-refractivity contribution in [2.24, 2.45) is 0 Å². The van der Waals surface area contributed by atoms with Gasteiger partial charge in [0.15, 0.2) is 6.10 Å². The zero-order valence-electron chi connectivity index (χ0n) is 17.8. The Kier molecular flexibility index (Phi) is 7.58. The van der Waals surface area contributed by atoms with E-state index in [1.165, 1.54) is 6.20 Å². The van der Waals surface area contributed by atoms with Crippen LogP contribution in [0, 0.1) is 0 Å². The molecule has 0 saturated heterocycles. The molecule has 1 unspecified atom stereocenters. The van der Waals surface area contributed by atoms with Gasteiger partial charge in [-0.05, 0) is 37.6 Å². The first-order chi connectivity index (χ1) is 15.5. The number of carbonyl (C=O) groups excluding carboxylic acids is 2. The van der Waals surface area contributed by atoms with Crippen LogP contribution in [0.1, 0.15) is 30.6 Å². The summed E-state index contributed by atoms with van der Waals surface area (Å²) in [5, 5.41) is 2.96. The average molecular weight is 436 g/mol. The molecular weight excluding hydrogens is 412 g/mol. The number of para-hydroxylation sites is 1. The third-order valence-corrected chi connectivity index (χ3v) is 4.28. The minimum Gasteiger partial charge on any atom is -0.479 e. The van der Waals surface area contributed by atoms with E-state index in [1.807, 2.05) is 25.1 Å². The summed E-state index contributed by atoms with van der Waals surface area (Å²) < 4.78 is 16.1. The number of nitrogens with two attached hydrogens (primary N) is 1. The molecule has 2 aromatic carbocycles. The second kappa shape index (κ2) is 10.8. The molecule has 32 heavy (non-hydrogen) atoms. The van der Waals surface area contributed by atoms with Crippen molar-refractivity contribution in [3.8, 4) is 11.5 Å². The van der Waals surface area contributed by atoms with Crippen LogP contribution in [0.5, 0.6) is 11.5 Å². The van der Waals surface area contributed by atoms with Crippen molar-refractivity contribution in [3.05, 3.63) is 66.4 Å². The van der Waals surface area contributed by atoms with E-state index in [4.69, 9.17) is 19.9 Å². The van der Waals surface area contributed by atoms with E-state index in [0.717, 1.165) is 0 Å². The number of nitrogens with one attached hydrogen (secondary N) is 1. The van der Waals surface area contributed by atoms with Crippen molar-refractivity contribution in [3.63, 3.8) is 0 Å². The van der Waals surface area contributed by atoms with Crippen molar-refractivity contribution in [1.29, 1.82) is 0 Å². The quantitative estimate of drug-likeness (QED) is 0.381. The molecule has 1 heterocycles. The maximum atomic E-state index is 12.6. The number of hydrogen-bond donors (Lipinski definition) is 2. The molecule has 166 valence electrons. The fraction of sp³-hybridized carbons (Fsp3) is 0.217. The Hall–Kier alpha value is -4.14. The molecule has 0 aliphatic rings. The number of anilines is 3. The topological polar surface area (TPSA) is 126 Å². The molecule has 9 nitrogen and oxygen atoms in total. The molecule has 3 N–H and O–H groups in total. The summed E-state index contributed by atoms with van der Waals surface area (Å²) in [5.41, 5.74) is 6.49. The van der Waals surface area contributed by atoms with E-state index < -0.39 is 18.0 Å². The van der Waals surface area contributed by atoms with Crippen LogP contribution in [0.4, 0.5) is 17.5 Å². The van der Waals surface area contributed by atoms with Gasteiger partial charge in [0.05, 0.1) is 6.61 Å². The van der Waals surface area contributed by atoms with E-state index in [9.17, 15) is 9.59 Å². The van der Waals surface area contributed by atoms with Gasteiger partial charge in [0.1, 0.15) is 22.9 Å². The minimum absolute atomic E-state index is 0.00705. The molecule has 0 fully saturated rings. The lowest BCUT2D eigenvalue weighted by molar-refractivity contribution is -0.142. The zero-order chi connectivity index (χ0) is 22.9. The fourth-order valence-electron chi connectivity index (χ4n) is 2.73.